The summed E-state index contributed by atoms with van der Waals surface area (Å²) in [6, 6.07) is 5.31. The van der Waals surface area contributed by atoms with E-state index in [2.05, 4.69) is 22.2 Å². The van der Waals surface area contributed by atoms with Crippen LogP contribution in [0.1, 0.15) is 5.56 Å². The van der Waals surface area contributed by atoms with Crippen LogP contribution in [0.15, 0.2) is 18.2 Å². The van der Waals surface area contributed by atoms with Gasteiger partial charge in [-0.15, -0.1) is 0 Å². The number of halogens is 1. The van der Waals surface area contributed by atoms with Crippen molar-refractivity contribution in [3.8, 4) is 0 Å². The Morgan fingerprint density at radius 1 is 1.22 bits per heavy atom. The molecule has 0 bridgehead atoms. The summed E-state index contributed by atoms with van der Waals surface area (Å²) in [6.45, 7) is 8.13. The van der Waals surface area contributed by atoms with Crippen LogP contribution in [-0.2, 0) is 0 Å². The largest absolute Gasteiger partial charge is 0.381 e. The Hall–Kier alpha value is -1.13. The Balaban J connectivity index is 1.75. The predicted molar refractivity (Wildman–Crippen MR) is 73.6 cm³/mol. The zero-order valence-corrected chi connectivity index (χ0v) is 11.2. The van der Waals surface area contributed by atoms with E-state index in [-0.39, 0.29) is 5.82 Å². The quantitative estimate of drug-likeness (QED) is 0.880. The van der Waals surface area contributed by atoms with Crippen molar-refractivity contribution in [1.82, 2.24) is 9.80 Å². The SMILES string of the molecule is Cc1ccc(NCCN2CCN(C)CC2)c(F)c1. The second kappa shape index (κ2) is 6.16. The minimum Gasteiger partial charge on any atom is -0.381 e. The van der Waals surface area contributed by atoms with Crippen LogP contribution in [0.4, 0.5) is 10.1 Å². The highest BCUT2D eigenvalue weighted by molar-refractivity contribution is 5.46. The van der Waals surface area contributed by atoms with Crippen LogP contribution in [-0.4, -0.2) is 56.1 Å². The summed E-state index contributed by atoms with van der Waals surface area (Å²) in [5.74, 6) is -0.159. The van der Waals surface area contributed by atoms with Gasteiger partial charge in [0.25, 0.3) is 0 Å². The van der Waals surface area contributed by atoms with Gasteiger partial charge in [0, 0.05) is 39.3 Å². The minimum absolute atomic E-state index is 0.159. The third-order valence-corrected chi connectivity index (χ3v) is 3.46. The lowest BCUT2D eigenvalue weighted by Gasteiger charge is -2.32. The Kier molecular flexibility index (Phi) is 4.55. The van der Waals surface area contributed by atoms with Gasteiger partial charge in [0.05, 0.1) is 5.69 Å². The van der Waals surface area contributed by atoms with E-state index < -0.39 is 0 Å². The lowest BCUT2D eigenvalue weighted by atomic mass is 10.2. The molecule has 1 saturated heterocycles. The second-order valence-corrected chi connectivity index (χ2v) is 5.05. The lowest BCUT2D eigenvalue weighted by Crippen LogP contribution is -2.45. The molecule has 18 heavy (non-hydrogen) atoms. The molecule has 100 valence electrons. The van der Waals surface area contributed by atoms with Crippen molar-refractivity contribution in [2.45, 2.75) is 6.92 Å². The van der Waals surface area contributed by atoms with Crippen molar-refractivity contribution in [3.63, 3.8) is 0 Å². The standard InChI is InChI=1S/C14H22FN3/c1-12-3-4-14(13(15)11-12)16-5-6-18-9-7-17(2)8-10-18/h3-4,11,16H,5-10H2,1-2H3. The number of hydrogen-bond donors (Lipinski definition) is 1. The van der Waals surface area contributed by atoms with Crippen molar-refractivity contribution >= 4 is 5.69 Å². The molecule has 1 aliphatic rings. The molecule has 1 N–H and O–H groups in total. The van der Waals surface area contributed by atoms with Gasteiger partial charge in [-0.25, -0.2) is 4.39 Å². The third kappa shape index (κ3) is 3.68. The average molecular weight is 251 g/mol. The Morgan fingerprint density at radius 3 is 2.61 bits per heavy atom. The molecule has 3 nitrogen and oxygen atoms in total. The van der Waals surface area contributed by atoms with Crippen LogP contribution in [0.3, 0.4) is 0 Å². The zero-order chi connectivity index (χ0) is 13.0. The first-order chi connectivity index (χ1) is 8.65. The number of aryl methyl sites for hydroxylation is 1. The predicted octanol–water partition coefficient (Wildman–Crippen LogP) is 1.79. The number of anilines is 1. The number of likely N-dealkylation sites (N-methyl/N-ethyl adjacent to an activating group) is 1. The molecular formula is C14H22FN3. The van der Waals surface area contributed by atoms with Gasteiger partial charge in [-0.2, -0.15) is 0 Å². The average Bonchev–Trinajstić information content (AvgIpc) is 2.34. The number of piperazine rings is 1. The number of nitrogens with one attached hydrogen (secondary N) is 1. The van der Waals surface area contributed by atoms with E-state index in [0.717, 1.165) is 44.8 Å². The highest BCUT2D eigenvalue weighted by Crippen LogP contribution is 2.14. The fourth-order valence-corrected chi connectivity index (χ4v) is 2.18. The summed E-state index contributed by atoms with van der Waals surface area (Å²) in [5.41, 5.74) is 1.56. The fourth-order valence-electron chi connectivity index (χ4n) is 2.18. The normalized spacial score (nSPS) is 17.9. The van der Waals surface area contributed by atoms with Crippen molar-refractivity contribution in [3.05, 3.63) is 29.6 Å². The molecule has 2 rings (SSSR count). The molecule has 0 atom stereocenters. The summed E-state index contributed by atoms with van der Waals surface area (Å²) >= 11 is 0. The first kappa shape index (κ1) is 13.3. The van der Waals surface area contributed by atoms with Gasteiger partial charge in [-0.05, 0) is 31.7 Å². The Bertz CT molecular complexity index is 387. The highest BCUT2D eigenvalue weighted by atomic mass is 19.1. The van der Waals surface area contributed by atoms with Crippen LogP contribution >= 0.6 is 0 Å². The van der Waals surface area contributed by atoms with Crippen LogP contribution in [0.2, 0.25) is 0 Å². The maximum absolute atomic E-state index is 13.6. The van der Waals surface area contributed by atoms with Crippen LogP contribution in [0.5, 0.6) is 0 Å². The molecule has 1 fully saturated rings. The second-order valence-electron chi connectivity index (χ2n) is 5.05. The van der Waals surface area contributed by atoms with E-state index in [1.165, 1.54) is 0 Å². The van der Waals surface area contributed by atoms with Crippen molar-refractivity contribution < 1.29 is 4.39 Å². The monoisotopic (exact) mass is 251 g/mol. The maximum atomic E-state index is 13.6. The highest BCUT2D eigenvalue weighted by Gasteiger charge is 2.12. The first-order valence-electron chi connectivity index (χ1n) is 6.56. The van der Waals surface area contributed by atoms with E-state index in [1.807, 2.05) is 19.1 Å². The molecule has 0 spiro atoms. The molecule has 0 aliphatic carbocycles. The van der Waals surface area contributed by atoms with Gasteiger partial charge in [0.2, 0.25) is 0 Å². The Morgan fingerprint density at radius 2 is 1.94 bits per heavy atom. The summed E-state index contributed by atoms with van der Waals surface area (Å²) in [5, 5.41) is 3.17. The molecule has 4 heteroatoms. The molecule has 1 aromatic rings. The molecule has 0 saturated carbocycles. The van der Waals surface area contributed by atoms with Crippen molar-refractivity contribution in [2.24, 2.45) is 0 Å². The fraction of sp³-hybridized carbons (Fsp3) is 0.571. The van der Waals surface area contributed by atoms with Gasteiger partial charge >= 0.3 is 0 Å². The van der Waals surface area contributed by atoms with Gasteiger partial charge in [-0.3, -0.25) is 4.90 Å². The minimum atomic E-state index is -0.159. The van der Waals surface area contributed by atoms with E-state index in [4.69, 9.17) is 0 Å². The molecule has 0 aromatic heterocycles. The van der Waals surface area contributed by atoms with Crippen LogP contribution < -0.4 is 5.32 Å². The summed E-state index contributed by atoms with van der Waals surface area (Å²) in [6.07, 6.45) is 0. The maximum Gasteiger partial charge on any atom is 0.146 e. The van der Waals surface area contributed by atoms with E-state index in [0.29, 0.717) is 5.69 Å². The van der Waals surface area contributed by atoms with Crippen molar-refractivity contribution in [1.29, 1.82) is 0 Å². The number of rotatable bonds is 4. The number of benzene rings is 1. The number of hydrogen-bond acceptors (Lipinski definition) is 3. The number of nitrogens with zero attached hydrogens (tertiary/aromatic N) is 2. The molecule has 0 radical (unpaired) electrons. The van der Waals surface area contributed by atoms with E-state index >= 15 is 0 Å². The molecule has 0 unspecified atom stereocenters. The van der Waals surface area contributed by atoms with Gasteiger partial charge < -0.3 is 10.2 Å². The molecule has 1 aliphatic heterocycles. The Labute approximate surface area is 109 Å². The zero-order valence-electron chi connectivity index (χ0n) is 11.2. The molecule has 1 aromatic carbocycles. The first-order valence-corrected chi connectivity index (χ1v) is 6.56. The third-order valence-electron chi connectivity index (χ3n) is 3.46. The topological polar surface area (TPSA) is 18.5 Å². The van der Waals surface area contributed by atoms with Gasteiger partial charge in [0.1, 0.15) is 5.82 Å². The van der Waals surface area contributed by atoms with E-state index in [1.54, 1.807) is 6.07 Å². The lowest BCUT2D eigenvalue weighted by molar-refractivity contribution is 0.158. The summed E-state index contributed by atoms with van der Waals surface area (Å²) in [7, 11) is 2.15. The molecular weight excluding hydrogens is 229 g/mol. The van der Waals surface area contributed by atoms with E-state index in [9.17, 15) is 4.39 Å². The van der Waals surface area contributed by atoms with Crippen LogP contribution in [0, 0.1) is 12.7 Å². The summed E-state index contributed by atoms with van der Waals surface area (Å²) in [4.78, 5) is 4.75. The van der Waals surface area contributed by atoms with Gasteiger partial charge in [0.15, 0.2) is 0 Å². The van der Waals surface area contributed by atoms with Crippen LogP contribution in [0.25, 0.3) is 0 Å². The molecule has 0 amide bonds. The van der Waals surface area contributed by atoms with Crippen molar-refractivity contribution in [2.75, 3.05) is 51.6 Å². The van der Waals surface area contributed by atoms with Gasteiger partial charge in [-0.1, -0.05) is 6.07 Å². The summed E-state index contributed by atoms with van der Waals surface area (Å²) < 4.78 is 13.6. The smallest absolute Gasteiger partial charge is 0.146 e. The molecule has 1 heterocycles.